The van der Waals surface area contributed by atoms with Gasteiger partial charge in [0.15, 0.2) is 0 Å². The molecule has 0 spiro atoms. The summed E-state index contributed by atoms with van der Waals surface area (Å²) in [5.41, 5.74) is -0.00239. The fourth-order valence-electron chi connectivity index (χ4n) is 3.40. The van der Waals surface area contributed by atoms with Gasteiger partial charge in [-0.05, 0) is 19.3 Å². The van der Waals surface area contributed by atoms with Crippen LogP contribution in [0.2, 0.25) is 0 Å². The molecule has 0 aromatic heterocycles. The van der Waals surface area contributed by atoms with Gasteiger partial charge in [-0.2, -0.15) is 0 Å². The van der Waals surface area contributed by atoms with Crippen LogP contribution in [-0.4, -0.2) is 53.8 Å². The van der Waals surface area contributed by atoms with Crippen LogP contribution in [0.15, 0.2) is 0 Å². The lowest BCUT2D eigenvalue weighted by Crippen LogP contribution is -2.52. The van der Waals surface area contributed by atoms with Crippen LogP contribution in [0.1, 0.15) is 39.0 Å². The Hall–Kier alpha value is -0.0900. The minimum atomic E-state index is -0.00239. The number of hydrogen-bond acceptors (Lipinski definition) is 2. The maximum atomic E-state index is 12.7. The lowest BCUT2D eigenvalue weighted by atomic mass is 9.81. The Labute approximate surface area is 119 Å². The van der Waals surface area contributed by atoms with Crippen molar-refractivity contribution in [3.05, 3.63) is 0 Å². The zero-order valence-corrected chi connectivity index (χ0v) is 13.0. The van der Waals surface area contributed by atoms with Gasteiger partial charge in [0, 0.05) is 43.5 Å². The van der Waals surface area contributed by atoms with Crippen molar-refractivity contribution in [2.45, 2.75) is 39.0 Å². The summed E-state index contributed by atoms with van der Waals surface area (Å²) in [7, 11) is 0. The van der Waals surface area contributed by atoms with E-state index in [1.807, 2.05) is 0 Å². The van der Waals surface area contributed by atoms with E-state index in [1.165, 1.54) is 12.8 Å². The van der Waals surface area contributed by atoms with Gasteiger partial charge < -0.3 is 4.90 Å². The molecule has 0 atom stereocenters. The molecule has 1 saturated carbocycles. The molecule has 104 valence electrons. The SMILES string of the molecule is CCC1(C(=O)N2CCN(CCBr)CC2)CCCC1. The van der Waals surface area contributed by atoms with Crippen molar-refractivity contribution in [3.63, 3.8) is 0 Å². The highest BCUT2D eigenvalue weighted by Gasteiger charge is 2.42. The van der Waals surface area contributed by atoms with Gasteiger partial charge in [-0.1, -0.05) is 35.7 Å². The van der Waals surface area contributed by atoms with Crippen LogP contribution < -0.4 is 0 Å². The molecule has 2 rings (SSSR count). The second-order valence-electron chi connectivity index (χ2n) is 5.66. The molecule has 0 N–H and O–H groups in total. The average molecular weight is 317 g/mol. The van der Waals surface area contributed by atoms with Crippen molar-refractivity contribution in [2.24, 2.45) is 5.41 Å². The molecule has 0 aromatic rings. The van der Waals surface area contributed by atoms with Gasteiger partial charge in [0.2, 0.25) is 5.91 Å². The summed E-state index contributed by atoms with van der Waals surface area (Å²) in [6, 6.07) is 0. The lowest BCUT2D eigenvalue weighted by molar-refractivity contribution is -0.144. The first-order valence-corrected chi connectivity index (χ1v) is 8.42. The predicted molar refractivity (Wildman–Crippen MR) is 78.0 cm³/mol. The van der Waals surface area contributed by atoms with Gasteiger partial charge in [0.25, 0.3) is 0 Å². The minimum Gasteiger partial charge on any atom is -0.340 e. The molecule has 0 aromatic carbocycles. The van der Waals surface area contributed by atoms with Crippen molar-refractivity contribution in [1.82, 2.24) is 9.80 Å². The maximum absolute atomic E-state index is 12.7. The monoisotopic (exact) mass is 316 g/mol. The highest BCUT2D eigenvalue weighted by Crippen LogP contribution is 2.42. The standard InChI is InChI=1S/C14H25BrN2O/c1-2-14(5-3-4-6-14)13(18)17-11-9-16(8-7-15)10-12-17/h2-12H2,1H3. The fraction of sp³-hybridized carbons (Fsp3) is 0.929. The van der Waals surface area contributed by atoms with Crippen LogP contribution in [0.5, 0.6) is 0 Å². The Kier molecular flexibility index (Phi) is 5.07. The number of rotatable bonds is 4. The van der Waals surface area contributed by atoms with Gasteiger partial charge in [0.05, 0.1) is 0 Å². The summed E-state index contributed by atoms with van der Waals surface area (Å²) in [6.07, 6.45) is 5.73. The Bertz CT molecular complexity index is 282. The van der Waals surface area contributed by atoms with E-state index in [1.54, 1.807) is 0 Å². The maximum Gasteiger partial charge on any atom is 0.228 e. The summed E-state index contributed by atoms with van der Waals surface area (Å²) in [5, 5.41) is 1.03. The molecule has 0 unspecified atom stereocenters. The van der Waals surface area contributed by atoms with Gasteiger partial charge >= 0.3 is 0 Å². The van der Waals surface area contributed by atoms with Gasteiger partial charge in [-0.3, -0.25) is 9.69 Å². The van der Waals surface area contributed by atoms with Crippen molar-refractivity contribution in [2.75, 3.05) is 38.1 Å². The second-order valence-corrected chi connectivity index (χ2v) is 6.46. The third-order valence-corrected chi connectivity index (χ3v) is 5.11. The van der Waals surface area contributed by atoms with Crippen LogP contribution >= 0.6 is 15.9 Å². The highest BCUT2D eigenvalue weighted by molar-refractivity contribution is 9.09. The quantitative estimate of drug-likeness (QED) is 0.744. The molecular weight excluding hydrogens is 292 g/mol. The Morgan fingerprint density at radius 2 is 1.78 bits per heavy atom. The predicted octanol–water partition coefficient (Wildman–Crippen LogP) is 2.50. The normalized spacial score (nSPS) is 24.4. The molecule has 2 fully saturated rings. The number of hydrogen-bond donors (Lipinski definition) is 0. The van der Waals surface area contributed by atoms with Crippen LogP contribution in [-0.2, 0) is 4.79 Å². The van der Waals surface area contributed by atoms with Crippen LogP contribution in [0, 0.1) is 5.41 Å². The second kappa shape index (κ2) is 6.38. The van der Waals surface area contributed by atoms with E-state index in [0.717, 1.165) is 57.3 Å². The Morgan fingerprint density at radius 3 is 2.28 bits per heavy atom. The van der Waals surface area contributed by atoms with E-state index in [4.69, 9.17) is 0 Å². The Morgan fingerprint density at radius 1 is 1.17 bits per heavy atom. The molecule has 3 nitrogen and oxygen atoms in total. The first-order chi connectivity index (χ1) is 8.72. The summed E-state index contributed by atoms with van der Waals surface area (Å²) < 4.78 is 0. The molecule has 0 radical (unpaired) electrons. The third-order valence-electron chi connectivity index (χ3n) is 4.75. The number of halogens is 1. The molecule has 0 bridgehead atoms. The number of piperazine rings is 1. The van der Waals surface area contributed by atoms with Crippen molar-refractivity contribution < 1.29 is 4.79 Å². The molecule has 4 heteroatoms. The number of carbonyl (C=O) groups excluding carboxylic acids is 1. The average Bonchev–Trinajstić information content (AvgIpc) is 2.89. The van der Waals surface area contributed by atoms with Crippen molar-refractivity contribution >= 4 is 21.8 Å². The molecular formula is C14H25BrN2O. The number of amides is 1. The summed E-state index contributed by atoms with van der Waals surface area (Å²) in [5.74, 6) is 0.445. The smallest absolute Gasteiger partial charge is 0.228 e. The summed E-state index contributed by atoms with van der Waals surface area (Å²) in [4.78, 5) is 17.3. The third kappa shape index (κ3) is 2.90. The highest BCUT2D eigenvalue weighted by atomic mass is 79.9. The van der Waals surface area contributed by atoms with E-state index in [0.29, 0.717) is 5.91 Å². The first-order valence-electron chi connectivity index (χ1n) is 7.29. The lowest BCUT2D eigenvalue weighted by Gasteiger charge is -2.39. The van der Waals surface area contributed by atoms with E-state index in [2.05, 4.69) is 32.7 Å². The van der Waals surface area contributed by atoms with Crippen LogP contribution in [0.3, 0.4) is 0 Å². The largest absolute Gasteiger partial charge is 0.340 e. The van der Waals surface area contributed by atoms with Crippen LogP contribution in [0.4, 0.5) is 0 Å². The summed E-state index contributed by atoms with van der Waals surface area (Å²) in [6.45, 7) is 7.21. The molecule has 1 heterocycles. The molecule has 1 saturated heterocycles. The number of carbonyl (C=O) groups is 1. The molecule has 1 amide bonds. The van der Waals surface area contributed by atoms with Crippen LogP contribution in [0.25, 0.3) is 0 Å². The van der Waals surface area contributed by atoms with Crippen molar-refractivity contribution in [1.29, 1.82) is 0 Å². The summed E-state index contributed by atoms with van der Waals surface area (Å²) >= 11 is 3.48. The zero-order valence-electron chi connectivity index (χ0n) is 11.5. The molecule has 2 aliphatic rings. The van der Waals surface area contributed by atoms with E-state index >= 15 is 0 Å². The Balaban J connectivity index is 1.90. The molecule has 1 aliphatic carbocycles. The van der Waals surface area contributed by atoms with E-state index in [9.17, 15) is 4.79 Å². The van der Waals surface area contributed by atoms with E-state index in [-0.39, 0.29) is 5.41 Å². The number of alkyl halides is 1. The molecule has 18 heavy (non-hydrogen) atoms. The van der Waals surface area contributed by atoms with E-state index < -0.39 is 0 Å². The van der Waals surface area contributed by atoms with Gasteiger partial charge in [0.1, 0.15) is 0 Å². The minimum absolute atomic E-state index is 0.00239. The first kappa shape index (κ1) is 14.3. The zero-order chi connectivity index (χ0) is 13.0. The van der Waals surface area contributed by atoms with Gasteiger partial charge in [-0.15, -0.1) is 0 Å². The van der Waals surface area contributed by atoms with Gasteiger partial charge in [-0.25, -0.2) is 0 Å². The van der Waals surface area contributed by atoms with Crippen molar-refractivity contribution in [3.8, 4) is 0 Å². The number of nitrogens with zero attached hydrogens (tertiary/aromatic N) is 2. The fourth-order valence-corrected chi connectivity index (χ4v) is 3.90. The molecule has 1 aliphatic heterocycles. The topological polar surface area (TPSA) is 23.6 Å².